The molecule has 26 heavy (non-hydrogen) atoms. The van der Waals surface area contributed by atoms with Gasteiger partial charge in [0.15, 0.2) is 6.61 Å². The van der Waals surface area contributed by atoms with Gasteiger partial charge in [-0.2, -0.15) is 0 Å². The van der Waals surface area contributed by atoms with E-state index in [1.165, 1.54) is 0 Å². The first kappa shape index (κ1) is 16.9. The molecule has 2 aromatic carbocycles. The highest BCUT2D eigenvalue weighted by atomic mass is 35.5. The van der Waals surface area contributed by atoms with Crippen molar-refractivity contribution >= 4 is 34.8 Å². The molecule has 1 fully saturated rings. The van der Waals surface area contributed by atoms with Crippen LogP contribution < -0.4 is 15.0 Å². The summed E-state index contributed by atoms with van der Waals surface area (Å²) in [6, 6.07) is 12.6. The number of hydrogen-bond donors (Lipinski definition) is 1. The van der Waals surface area contributed by atoms with E-state index in [2.05, 4.69) is 5.32 Å². The average Bonchev–Trinajstić information content (AvgIpc) is 3.41. The van der Waals surface area contributed by atoms with E-state index in [-0.39, 0.29) is 24.3 Å². The van der Waals surface area contributed by atoms with Gasteiger partial charge in [-0.05, 0) is 61.2 Å². The van der Waals surface area contributed by atoms with E-state index in [1.807, 2.05) is 23.1 Å². The minimum atomic E-state index is -0.252. The fourth-order valence-electron chi connectivity index (χ4n) is 3.11. The van der Waals surface area contributed by atoms with Crippen LogP contribution in [-0.2, 0) is 16.0 Å². The van der Waals surface area contributed by atoms with Crippen molar-refractivity contribution in [2.24, 2.45) is 5.92 Å². The Bertz CT molecular complexity index is 847. The molecule has 1 saturated carbocycles. The molecule has 2 aromatic rings. The molecular weight excluding hydrogens is 352 g/mol. The zero-order chi connectivity index (χ0) is 18.1. The van der Waals surface area contributed by atoms with Crippen LogP contribution in [0.5, 0.6) is 5.75 Å². The molecule has 0 spiro atoms. The van der Waals surface area contributed by atoms with Crippen molar-refractivity contribution in [1.29, 1.82) is 0 Å². The summed E-state index contributed by atoms with van der Waals surface area (Å²) in [4.78, 5) is 26.4. The van der Waals surface area contributed by atoms with Crippen molar-refractivity contribution < 1.29 is 14.3 Å². The maximum absolute atomic E-state index is 12.4. The van der Waals surface area contributed by atoms with Crippen LogP contribution in [0.1, 0.15) is 18.4 Å². The molecule has 1 heterocycles. The Kier molecular flexibility index (Phi) is 4.55. The molecule has 2 aliphatic rings. The van der Waals surface area contributed by atoms with Crippen LogP contribution in [0.25, 0.3) is 0 Å². The fraction of sp³-hybridized carbons (Fsp3) is 0.300. The summed E-state index contributed by atoms with van der Waals surface area (Å²) in [5.41, 5.74) is 2.73. The van der Waals surface area contributed by atoms with Gasteiger partial charge in [0.2, 0.25) is 5.91 Å². The molecule has 134 valence electrons. The van der Waals surface area contributed by atoms with Crippen LogP contribution in [0.3, 0.4) is 0 Å². The average molecular weight is 371 g/mol. The van der Waals surface area contributed by atoms with Crippen molar-refractivity contribution in [2.75, 3.05) is 23.4 Å². The molecule has 0 saturated heterocycles. The van der Waals surface area contributed by atoms with Crippen LogP contribution >= 0.6 is 11.6 Å². The minimum absolute atomic E-state index is 0.0938. The molecule has 5 nitrogen and oxygen atoms in total. The zero-order valence-electron chi connectivity index (χ0n) is 14.2. The Hall–Kier alpha value is -2.53. The summed E-state index contributed by atoms with van der Waals surface area (Å²) in [5.74, 6) is 0.725. The number of benzene rings is 2. The highest BCUT2D eigenvalue weighted by Crippen LogP contribution is 2.37. The second-order valence-electron chi connectivity index (χ2n) is 6.65. The number of hydrogen-bond acceptors (Lipinski definition) is 3. The number of carbonyl (C=O) groups is 2. The van der Waals surface area contributed by atoms with Gasteiger partial charge < -0.3 is 15.0 Å². The molecule has 2 amide bonds. The molecule has 4 rings (SSSR count). The number of ether oxygens (including phenoxy) is 1. The van der Waals surface area contributed by atoms with Crippen molar-refractivity contribution in [3.63, 3.8) is 0 Å². The normalized spacial score (nSPS) is 15.5. The Balaban J connectivity index is 1.39. The smallest absolute Gasteiger partial charge is 0.262 e. The molecule has 1 aliphatic heterocycles. The molecule has 1 aliphatic carbocycles. The van der Waals surface area contributed by atoms with Gasteiger partial charge in [-0.15, -0.1) is 0 Å². The SMILES string of the molecule is O=C(COc1ccc(Cl)cc1)Nc1ccc2c(c1)N(C(=O)C1CC1)CC2. The third-order valence-corrected chi connectivity index (χ3v) is 4.89. The summed E-state index contributed by atoms with van der Waals surface area (Å²) < 4.78 is 5.45. The van der Waals surface area contributed by atoms with Gasteiger partial charge >= 0.3 is 0 Å². The lowest BCUT2D eigenvalue weighted by molar-refractivity contribution is -0.119. The number of nitrogens with one attached hydrogen (secondary N) is 1. The summed E-state index contributed by atoms with van der Waals surface area (Å²) in [5, 5.41) is 3.45. The summed E-state index contributed by atoms with van der Waals surface area (Å²) in [6.45, 7) is 0.630. The molecule has 6 heteroatoms. The number of fused-ring (bicyclic) bond motifs is 1. The Morgan fingerprint density at radius 2 is 1.92 bits per heavy atom. The first-order valence-electron chi connectivity index (χ1n) is 8.73. The van der Waals surface area contributed by atoms with Gasteiger partial charge in [-0.25, -0.2) is 0 Å². The highest BCUT2D eigenvalue weighted by molar-refractivity contribution is 6.30. The lowest BCUT2D eigenvalue weighted by Crippen LogP contribution is -2.30. The van der Waals surface area contributed by atoms with E-state index in [4.69, 9.17) is 16.3 Å². The van der Waals surface area contributed by atoms with Crippen LogP contribution in [0.4, 0.5) is 11.4 Å². The molecule has 0 radical (unpaired) electrons. The lowest BCUT2D eigenvalue weighted by atomic mass is 10.1. The van der Waals surface area contributed by atoms with E-state index in [9.17, 15) is 9.59 Å². The van der Waals surface area contributed by atoms with Gasteiger partial charge in [-0.1, -0.05) is 17.7 Å². The van der Waals surface area contributed by atoms with Gasteiger partial charge in [0, 0.05) is 28.9 Å². The Labute approximate surface area is 156 Å². The highest BCUT2D eigenvalue weighted by Gasteiger charge is 2.36. The topological polar surface area (TPSA) is 58.6 Å². The number of nitrogens with zero attached hydrogens (tertiary/aromatic N) is 1. The van der Waals surface area contributed by atoms with Gasteiger partial charge in [-0.3, -0.25) is 9.59 Å². The Morgan fingerprint density at radius 1 is 1.15 bits per heavy atom. The maximum Gasteiger partial charge on any atom is 0.262 e. The lowest BCUT2D eigenvalue weighted by Gasteiger charge is -2.18. The monoisotopic (exact) mass is 370 g/mol. The third kappa shape index (κ3) is 3.68. The summed E-state index contributed by atoms with van der Waals surface area (Å²) >= 11 is 5.82. The molecule has 0 unspecified atom stereocenters. The van der Waals surface area contributed by atoms with E-state index >= 15 is 0 Å². The number of amides is 2. The van der Waals surface area contributed by atoms with E-state index in [1.54, 1.807) is 24.3 Å². The number of carbonyl (C=O) groups excluding carboxylic acids is 2. The van der Waals surface area contributed by atoms with Crippen molar-refractivity contribution in [3.8, 4) is 5.75 Å². The van der Waals surface area contributed by atoms with E-state index in [0.717, 1.165) is 37.1 Å². The van der Waals surface area contributed by atoms with Crippen molar-refractivity contribution in [1.82, 2.24) is 0 Å². The quantitative estimate of drug-likeness (QED) is 0.873. The van der Waals surface area contributed by atoms with E-state index in [0.29, 0.717) is 16.5 Å². The molecule has 0 bridgehead atoms. The largest absolute Gasteiger partial charge is 0.484 e. The number of halogens is 1. The first-order valence-corrected chi connectivity index (χ1v) is 9.10. The van der Waals surface area contributed by atoms with Gasteiger partial charge in [0.1, 0.15) is 5.75 Å². The van der Waals surface area contributed by atoms with Crippen LogP contribution in [0.15, 0.2) is 42.5 Å². The van der Waals surface area contributed by atoms with Crippen LogP contribution in [0.2, 0.25) is 5.02 Å². The molecule has 0 atom stereocenters. The van der Waals surface area contributed by atoms with Crippen molar-refractivity contribution in [2.45, 2.75) is 19.3 Å². The fourth-order valence-corrected chi connectivity index (χ4v) is 3.24. The predicted octanol–water partition coefficient (Wildman–Crippen LogP) is 3.66. The predicted molar refractivity (Wildman–Crippen MR) is 101 cm³/mol. The zero-order valence-corrected chi connectivity index (χ0v) is 15.0. The summed E-state index contributed by atoms with van der Waals surface area (Å²) in [7, 11) is 0. The minimum Gasteiger partial charge on any atom is -0.484 e. The molecule has 0 aromatic heterocycles. The molecule has 1 N–H and O–H groups in total. The van der Waals surface area contributed by atoms with Crippen LogP contribution in [0, 0.1) is 5.92 Å². The van der Waals surface area contributed by atoms with Crippen molar-refractivity contribution in [3.05, 3.63) is 53.1 Å². The maximum atomic E-state index is 12.4. The second-order valence-corrected chi connectivity index (χ2v) is 7.08. The third-order valence-electron chi connectivity index (χ3n) is 4.64. The first-order chi connectivity index (χ1) is 12.6. The second kappa shape index (κ2) is 7.00. The molecular formula is C20H19ClN2O3. The van der Waals surface area contributed by atoms with Gasteiger partial charge in [0.25, 0.3) is 5.91 Å². The van der Waals surface area contributed by atoms with E-state index < -0.39 is 0 Å². The number of anilines is 2. The summed E-state index contributed by atoms with van der Waals surface area (Å²) in [6.07, 6.45) is 2.84. The standard InChI is InChI=1S/C20H19ClN2O3/c21-15-4-7-17(8-5-15)26-12-19(24)22-16-6-3-13-9-10-23(18(13)11-16)20(25)14-1-2-14/h3-8,11,14H,1-2,9-10,12H2,(H,22,24). The number of rotatable bonds is 5. The Morgan fingerprint density at radius 3 is 2.65 bits per heavy atom. The van der Waals surface area contributed by atoms with Gasteiger partial charge in [0.05, 0.1) is 0 Å². The van der Waals surface area contributed by atoms with Crippen LogP contribution in [-0.4, -0.2) is 25.0 Å².